The van der Waals surface area contributed by atoms with E-state index in [1.807, 2.05) is 0 Å². The van der Waals surface area contributed by atoms with E-state index in [4.69, 9.17) is 0 Å². The molecular formula is C29H28N4O6S2. The molecule has 2 aliphatic rings. The average molecular weight is 593 g/mol. The maximum Gasteiger partial charge on any atom is 0.327 e. The molecule has 12 heteroatoms. The Morgan fingerprint density at radius 1 is 0.732 bits per heavy atom. The van der Waals surface area contributed by atoms with Crippen LogP contribution in [0.2, 0.25) is 0 Å². The second kappa shape index (κ2) is 13.6. The minimum atomic E-state index is -1.08. The number of thioether (sulfide) groups is 2. The first-order valence-corrected chi connectivity index (χ1v) is 15.2. The molecule has 0 aliphatic carbocycles. The van der Waals surface area contributed by atoms with Crippen molar-refractivity contribution in [3.63, 3.8) is 0 Å². The van der Waals surface area contributed by atoms with Crippen LogP contribution in [-0.4, -0.2) is 67.4 Å². The topological polar surface area (TPSA) is 163 Å². The van der Waals surface area contributed by atoms with E-state index in [0.717, 1.165) is 0 Å². The van der Waals surface area contributed by atoms with E-state index in [-0.39, 0.29) is 36.2 Å². The van der Waals surface area contributed by atoms with Gasteiger partial charge in [0.15, 0.2) is 0 Å². The maximum atomic E-state index is 13.2. The number of carbonyl (C=O) groups is 4. The molecule has 2 aliphatic heterocycles. The van der Waals surface area contributed by atoms with Crippen molar-refractivity contribution in [2.24, 2.45) is 0 Å². The van der Waals surface area contributed by atoms with Crippen LogP contribution in [0.25, 0.3) is 0 Å². The van der Waals surface area contributed by atoms with Gasteiger partial charge in [-0.25, -0.2) is 9.59 Å². The third kappa shape index (κ3) is 6.84. The molecule has 2 aromatic rings. The number of carbonyl (C=O) groups excluding carboxylic acids is 2. The van der Waals surface area contributed by atoms with Crippen LogP contribution in [0.15, 0.2) is 48.5 Å². The molecule has 2 heterocycles. The van der Waals surface area contributed by atoms with E-state index in [1.165, 1.54) is 33.3 Å². The summed E-state index contributed by atoms with van der Waals surface area (Å²) in [5.74, 6) is -2.29. The number of hydrogen-bond donors (Lipinski definition) is 2. The molecule has 2 N–H and O–H groups in total. The van der Waals surface area contributed by atoms with Gasteiger partial charge < -0.3 is 20.0 Å². The standard InChI is InChI=1S/C29H28N4O6S2/c30-14-18-6-4-8-20(12-18)26-32(22(16-40-26)28(36)37)24(34)10-2-1-3-11-25(35)33-23(29(38)39)17-41-27(33)21-9-5-7-19(13-21)15-31/h4-9,12-13,22-23,26-27H,1-3,10-11,16-17H2,(H,36,37)(H,38,39)/t22-,23-,26?,27?/m0/s1. The Hall–Kier alpha value is -4.00. The summed E-state index contributed by atoms with van der Waals surface area (Å²) >= 11 is 2.70. The van der Waals surface area contributed by atoms with Gasteiger partial charge in [-0.3, -0.25) is 9.59 Å². The molecule has 0 aromatic heterocycles. The van der Waals surface area contributed by atoms with E-state index in [2.05, 4.69) is 12.1 Å². The number of nitrogens with zero attached hydrogens (tertiary/aromatic N) is 4. The second-order valence-corrected chi connectivity index (χ2v) is 11.9. The van der Waals surface area contributed by atoms with Gasteiger partial charge in [-0.1, -0.05) is 30.7 Å². The predicted molar refractivity (Wildman–Crippen MR) is 152 cm³/mol. The zero-order chi connectivity index (χ0) is 29.5. The number of rotatable bonds is 10. The highest BCUT2D eigenvalue weighted by Crippen LogP contribution is 2.43. The van der Waals surface area contributed by atoms with Crippen molar-refractivity contribution in [2.75, 3.05) is 11.5 Å². The fraction of sp³-hybridized carbons (Fsp3) is 0.379. The van der Waals surface area contributed by atoms with Gasteiger partial charge in [-0.05, 0) is 48.2 Å². The molecule has 2 fully saturated rings. The van der Waals surface area contributed by atoms with Crippen LogP contribution in [0.3, 0.4) is 0 Å². The highest BCUT2D eigenvalue weighted by atomic mass is 32.2. The number of carboxylic acids is 2. The largest absolute Gasteiger partial charge is 0.480 e. The van der Waals surface area contributed by atoms with E-state index in [1.54, 1.807) is 48.5 Å². The summed E-state index contributed by atoms with van der Waals surface area (Å²) in [7, 11) is 0. The number of benzene rings is 2. The lowest BCUT2D eigenvalue weighted by molar-refractivity contribution is -0.149. The van der Waals surface area contributed by atoms with Gasteiger partial charge in [0, 0.05) is 24.3 Å². The first kappa shape index (κ1) is 30.0. The number of aliphatic carboxylic acids is 2. The molecule has 2 aromatic carbocycles. The summed E-state index contributed by atoms with van der Waals surface area (Å²) in [6.45, 7) is 0. The normalized spacial score (nSPS) is 21.7. The van der Waals surface area contributed by atoms with E-state index in [9.17, 15) is 39.9 Å². The van der Waals surface area contributed by atoms with Gasteiger partial charge in [0.1, 0.15) is 22.8 Å². The van der Waals surface area contributed by atoms with Crippen LogP contribution < -0.4 is 0 Å². The van der Waals surface area contributed by atoms with Crippen molar-refractivity contribution in [1.82, 2.24) is 9.80 Å². The molecule has 0 bridgehead atoms. The highest BCUT2D eigenvalue weighted by molar-refractivity contribution is 8.00. The number of amides is 2. The Balaban J connectivity index is 1.35. The molecular weight excluding hydrogens is 564 g/mol. The first-order valence-electron chi connectivity index (χ1n) is 13.1. The van der Waals surface area contributed by atoms with Crippen molar-refractivity contribution in [1.29, 1.82) is 10.5 Å². The van der Waals surface area contributed by atoms with Gasteiger partial charge in [0.25, 0.3) is 0 Å². The molecule has 4 atom stereocenters. The Labute approximate surface area is 245 Å². The SMILES string of the molecule is N#Cc1cccc(C2SC[C@@H](C(=O)O)N2C(=O)CCCCCC(=O)N2C(c3cccc(C#N)c3)SC[C@H]2C(=O)O)c1. The second-order valence-electron chi connectivity index (χ2n) is 9.72. The van der Waals surface area contributed by atoms with Crippen LogP contribution >= 0.6 is 23.5 Å². The molecule has 2 unspecified atom stereocenters. The third-order valence-electron chi connectivity index (χ3n) is 7.03. The maximum absolute atomic E-state index is 13.2. The third-order valence-corrected chi connectivity index (χ3v) is 9.68. The Morgan fingerprint density at radius 2 is 1.15 bits per heavy atom. The molecule has 10 nitrogen and oxygen atoms in total. The van der Waals surface area contributed by atoms with Crippen LogP contribution in [0, 0.1) is 22.7 Å². The van der Waals surface area contributed by atoms with Gasteiger partial charge in [-0.2, -0.15) is 10.5 Å². The Bertz CT molecular complexity index is 1320. The van der Waals surface area contributed by atoms with E-state index in [0.29, 0.717) is 41.5 Å². The molecule has 0 radical (unpaired) electrons. The minimum absolute atomic E-state index is 0.105. The number of hydrogen-bond acceptors (Lipinski definition) is 8. The molecule has 41 heavy (non-hydrogen) atoms. The minimum Gasteiger partial charge on any atom is -0.480 e. The monoisotopic (exact) mass is 592 g/mol. The molecule has 2 amide bonds. The quantitative estimate of drug-likeness (QED) is 0.383. The fourth-order valence-electron chi connectivity index (χ4n) is 5.03. The van der Waals surface area contributed by atoms with Gasteiger partial charge >= 0.3 is 11.9 Å². The predicted octanol–water partition coefficient (Wildman–Crippen LogP) is 4.14. The fourth-order valence-corrected chi connectivity index (χ4v) is 7.89. The summed E-state index contributed by atoms with van der Waals surface area (Å²) in [6, 6.07) is 15.8. The molecule has 4 rings (SSSR count). The van der Waals surface area contributed by atoms with Crippen molar-refractivity contribution >= 4 is 47.3 Å². The van der Waals surface area contributed by atoms with Gasteiger partial charge in [0.2, 0.25) is 11.8 Å². The zero-order valence-electron chi connectivity index (χ0n) is 22.0. The summed E-state index contributed by atoms with van der Waals surface area (Å²) in [5, 5.41) is 36.9. The van der Waals surface area contributed by atoms with E-state index >= 15 is 0 Å². The zero-order valence-corrected chi connectivity index (χ0v) is 23.6. The number of nitriles is 2. The van der Waals surface area contributed by atoms with Crippen LogP contribution in [0.5, 0.6) is 0 Å². The first-order chi connectivity index (χ1) is 19.7. The Morgan fingerprint density at radius 3 is 1.51 bits per heavy atom. The van der Waals surface area contributed by atoms with E-state index < -0.39 is 34.8 Å². The summed E-state index contributed by atoms with van der Waals surface area (Å²) in [4.78, 5) is 52.9. The lowest BCUT2D eigenvalue weighted by Crippen LogP contribution is -2.43. The van der Waals surface area contributed by atoms with Gasteiger partial charge in [0.05, 0.1) is 23.3 Å². The summed E-state index contributed by atoms with van der Waals surface area (Å²) in [5.41, 5.74) is 2.26. The molecule has 0 saturated carbocycles. The molecule has 0 spiro atoms. The highest BCUT2D eigenvalue weighted by Gasteiger charge is 2.43. The smallest absolute Gasteiger partial charge is 0.327 e. The Kier molecular flexibility index (Phi) is 9.92. The average Bonchev–Trinajstić information content (AvgIpc) is 3.63. The molecule has 212 valence electrons. The number of carboxylic acid groups (broad SMARTS) is 2. The van der Waals surface area contributed by atoms with Crippen LogP contribution in [0.4, 0.5) is 0 Å². The number of unbranched alkanes of at least 4 members (excludes halogenated alkanes) is 2. The van der Waals surface area contributed by atoms with Crippen LogP contribution in [-0.2, 0) is 19.2 Å². The van der Waals surface area contributed by atoms with Crippen molar-refractivity contribution in [3.8, 4) is 12.1 Å². The summed E-state index contributed by atoms with van der Waals surface area (Å²) in [6.07, 6.45) is 1.62. The van der Waals surface area contributed by atoms with Crippen LogP contribution in [0.1, 0.15) is 65.1 Å². The summed E-state index contributed by atoms with van der Waals surface area (Å²) < 4.78 is 0. The van der Waals surface area contributed by atoms with Crippen molar-refractivity contribution in [2.45, 2.75) is 54.9 Å². The van der Waals surface area contributed by atoms with Gasteiger partial charge in [-0.15, -0.1) is 23.5 Å². The lowest BCUT2D eigenvalue weighted by Gasteiger charge is -2.28. The molecule has 2 saturated heterocycles. The van der Waals surface area contributed by atoms with Crippen molar-refractivity contribution < 1.29 is 29.4 Å². The van der Waals surface area contributed by atoms with Crippen molar-refractivity contribution in [3.05, 3.63) is 70.8 Å². The lowest BCUT2D eigenvalue weighted by atomic mass is 10.1.